The Balaban J connectivity index is 2.27. The average Bonchev–Trinajstić information content (AvgIpc) is 2.54. The van der Waals surface area contributed by atoms with Gasteiger partial charge in [-0.15, -0.1) is 0 Å². The number of rotatable bonds is 5. The summed E-state index contributed by atoms with van der Waals surface area (Å²) in [6.07, 6.45) is 1.61. The van der Waals surface area contributed by atoms with Crippen LogP contribution in [0.2, 0.25) is 0 Å². The first-order chi connectivity index (χ1) is 11.0. The average molecular weight is 380 g/mol. The highest BCUT2D eigenvalue weighted by molar-refractivity contribution is 9.10. The number of carbonyl (C=O) groups excluding carboxylic acids is 2. The van der Waals surface area contributed by atoms with Crippen LogP contribution in [-0.4, -0.2) is 41.0 Å². The lowest BCUT2D eigenvalue weighted by Gasteiger charge is -2.31. The summed E-state index contributed by atoms with van der Waals surface area (Å²) in [5.74, 6) is -0.142. The van der Waals surface area contributed by atoms with E-state index in [2.05, 4.69) is 21.0 Å². The van der Waals surface area contributed by atoms with Gasteiger partial charge in [-0.1, -0.05) is 41.1 Å². The van der Waals surface area contributed by atoms with E-state index in [1.807, 2.05) is 43.0 Å². The van der Waals surface area contributed by atoms with Crippen LogP contribution < -0.4 is 0 Å². The van der Waals surface area contributed by atoms with Gasteiger partial charge in [-0.05, 0) is 25.0 Å². The fourth-order valence-corrected chi connectivity index (χ4v) is 3.30. The molecule has 0 spiro atoms. The van der Waals surface area contributed by atoms with Crippen molar-refractivity contribution >= 4 is 33.5 Å². The number of benzene rings is 1. The Labute approximate surface area is 145 Å². The molecule has 0 unspecified atom stereocenters. The minimum atomic E-state index is -0.0885. The molecular weight excluding hydrogens is 358 g/mol. The molecule has 0 fully saturated rings. The third kappa shape index (κ3) is 3.99. The van der Waals surface area contributed by atoms with E-state index in [0.29, 0.717) is 25.1 Å². The number of carbonyl (C=O) groups is 2. The van der Waals surface area contributed by atoms with Gasteiger partial charge in [0.15, 0.2) is 0 Å². The lowest BCUT2D eigenvalue weighted by Crippen LogP contribution is -2.42. The minimum Gasteiger partial charge on any atom is -0.331 e. The van der Waals surface area contributed by atoms with Crippen LogP contribution in [0.15, 0.2) is 33.8 Å². The molecule has 23 heavy (non-hydrogen) atoms. The van der Waals surface area contributed by atoms with Crippen molar-refractivity contribution < 1.29 is 9.59 Å². The Morgan fingerprint density at radius 3 is 2.70 bits per heavy atom. The summed E-state index contributed by atoms with van der Waals surface area (Å²) in [5.41, 5.74) is 1.52. The van der Waals surface area contributed by atoms with Crippen molar-refractivity contribution in [3.05, 3.63) is 34.3 Å². The maximum atomic E-state index is 12.9. The molecular formula is C17H22BrN3O2. The molecule has 1 atom stereocenters. The Morgan fingerprint density at radius 1 is 1.39 bits per heavy atom. The summed E-state index contributed by atoms with van der Waals surface area (Å²) >= 11 is 3.56. The molecule has 0 aliphatic carbocycles. The van der Waals surface area contributed by atoms with Gasteiger partial charge in [-0.2, -0.15) is 5.10 Å². The van der Waals surface area contributed by atoms with Crippen LogP contribution in [0.4, 0.5) is 0 Å². The zero-order chi connectivity index (χ0) is 17.0. The predicted molar refractivity (Wildman–Crippen MR) is 94.0 cm³/mol. The van der Waals surface area contributed by atoms with Crippen molar-refractivity contribution in [2.75, 3.05) is 13.6 Å². The number of amides is 2. The fraction of sp³-hybridized carbons (Fsp3) is 0.471. The van der Waals surface area contributed by atoms with Crippen LogP contribution >= 0.6 is 15.9 Å². The van der Waals surface area contributed by atoms with Gasteiger partial charge < -0.3 is 4.90 Å². The van der Waals surface area contributed by atoms with Gasteiger partial charge in [0.05, 0.1) is 6.04 Å². The van der Waals surface area contributed by atoms with Crippen LogP contribution in [0, 0.1) is 0 Å². The lowest BCUT2D eigenvalue weighted by molar-refractivity contribution is -0.131. The van der Waals surface area contributed by atoms with Gasteiger partial charge in [-0.3, -0.25) is 9.59 Å². The molecule has 6 heteroatoms. The Bertz CT molecular complexity index is 630. The van der Waals surface area contributed by atoms with Crippen LogP contribution in [-0.2, 0) is 9.59 Å². The molecule has 5 nitrogen and oxygen atoms in total. The molecule has 1 heterocycles. The third-order valence-electron chi connectivity index (χ3n) is 4.00. The van der Waals surface area contributed by atoms with Crippen LogP contribution in [0.3, 0.4) is 0 Å². The summed E-state index contributed by atoms with van der Waals surface area (Å²) < 4.78 is 0.985. The van der Waals surface area contributed by atoms with E-state index in [1.54, 1.807) is 7.05 Å². The molecule has 2 amide bonds. The monoisotopic (exact) mass is 379 g/mol. The fourth-order valence-electron chi connectivity index (χ4n) is 2.68. The first-order valence-electron chi connectivity index (χ1n) is 7.85. The molecule has 1 aromatic carbocycles. The Morgan fingerprint density at radius 2 is 2.09 bits per heavy atom. The topological polar surface area (TPSA) is 53.0 Å². The number of hydrazone groups is 1. The summed E-state index contributed by atoms with van der Waals surface area (Å²) in [6.45, 7) is 4.72. The first kappa shape index (κ1) is 17.7. The summed E-state index contributed by atoms with van der Waals surface area (Å²) in [7, 11) is 1.59. The van der Waals surface area contributed by atoms with E-state index in [-0.39, 0.29) is 17.9 Å². The highest BCUT2D eigenvalue weighted by atomic mass is 79.9. The van der Waals surface area contributed by atoms with Crippen LogP contribution in [0.25, 0.3) is 0 Å². The van der Waals surface area contributed by atoms with Gasteiger partial charge in [0.2, 0.25) is 5.91 Å². The molecule has 0 aromatic heterocycles. The number of nitrogens with zero attached hydrogens (tertiary/aromatic N) is 3. The number of halogens is 1. The highest BCUT2D eigenvalue weighted by Gasteiger charge is 2.29. The van der Waals surface area contributed by atoms with E-state index in [0.717, 1.165) is 16.5 Å². The third-order valence-corrected chi connectivity index (χ3v) is 4.72. The summed E-state index contributed by atoms with van der Waals surface area (Å²) in [4.78, 5) is 26.3. The number of hydrogen-bond donors (Lipinski definition) is 0. The minimum absolute atomic E-state index is 0.0533. The molecule has 1 aliphatic heterocycles. The van der Waals surface area contributed by atoms with Gasteiger partial charge in [0, 0.05) is 30.9 Å². The second kappa shape index (κ2) is 7.73. The maximum Gasteiger partial charge on any atom is 0.270 e. The molecule has 0 radical (unpaired) electrons. The number of hydrogen-bond acceptors (Lipinski definition) is 3. The summed E-state index contributed by atoms with van der Waals surface area (Å²) in [5, 5.41) is 5.43. The molecule has 1 aliphatic rings. The van der Waals surface area contributed by atoms with Gasteiger partial charge in [-0.25, -0.2) is 5.01 Å². The maximum absolute atomic E-state index is 12.9. The quantitative estimate of drug-likeness (QED) is 0.787. The van der Waals surface area contributed by atoms with E-state index in [1.165, 1.54) is 5.01 Å². The molecule has 0 bridgehead atoms. The van der Waals surface area contributed by atoms with Crippen molar-refractivity contribution in [3.8, 4) is 0 Å². The van der Waals surface area contributed by atoms with E-state index >= 15 is 0 Å². The summed E-state index contributed by atoms with van der Waals surface area (Å²) in [6, 6.07) is 7.85. The molecule has 0 saturated carbocycles. The standard InChI is InChI=1S/C17H22BrN3O2/c1-4-11-21(12(2)13-7-5-6-8-14(13)18)17(23)15-9-10-16(22)20(3)19-15/h5-8,12H,4,9-11H2,1-3H3/t12-/m0/s1. The smallest absolute Gasteiger partial charge is 0.270 e. The molecule has 0 saturated heterocycles. The van der Waals surface area contributed by atoms with Gasteiger partial charge in [0.1, 0.15) is 5.71 Å². The van der Waals surface area contributed by atoms with Crippen molar-refractivity contribution in [2.45, 2.75) is 39.2 Å². The van der Waals surface area contributed by atoms with Crippen molar-refractivity contribution in [1.29, 1.82) is 0 Å². The van der Waals surface area contributed by atoms with Crippen molar-refractivity contribution in [1.82, 2.24) is 9.91 Å². The molecule has 0 N–H and O–H groups in total. The largest absolute Gasteiger partial charge is 0.331 e. The molecule has 1 aromatic rings. The zero-order valence-corrected chi connectivity index (χ0v) is 15.3. The van der Waals surface area contributed by atoms with E-state index in [9.17, 15) is 9.59 Å². The Kier molecular flexibility index (Phi) is 5.93. The van der Waals surface area contributed by atoms with Crippen LogP contribution in [0.1, 0.15) is 44.7 Å². The normalized spacial score (nSPS) is 16.1. The second-order valence-electron chi connectivity index (χ2n) is 5.66. The highest BCUT2D eigenvalue weighted by Crippen LogP contribution is 2.28. The van der Waals surface area contributed by atoms with Gasteiger partial charge >= 0.3 is 0 Å². The molecule has 124 valence electrons. The molecule has 2 rings (SSSR count). The SMILES string of the molecule is CCCN(C(=O)C1=NN(C)C(=O)CC1)[C@@H](C)c1ccccc1Br. The second-order valence-corrected chi connectivity index (χ2v) is 6.51. The van der Waals surface area contributed by atoms with E-state index < -0.39 is 0 Å². The predicted octanol–water partition coefficient (Wildman–Crippen LogP) is 3.36. The Hall–Kier alpha value is -1.69. The lowest BCUT2D eigenvalue weighted by atomic mass is 10.0. The first-order valence-corrected chi connectivity index (χ1v) is 8.64. The van der Waals surface area contributed by atoms with Gasteiger partial charge in [0.25, 0.3) is 5.91 Å². The van der Waals surface area contributed by atoms with Crippen molar-refractivity contribution in [3.63, 3.8) is 0 Å². The zero-order valence-electron chi connectivity index (χ0n) is 13.8. The van der Waals surface area contributed by atoms with E-state index in [4.69, 9.17) is 0 Å². The van der Waals surface area contributed by atoms with Crippen LogP contribution in [0.5, 0.6) is 0 Å². The van der Waals surface area contributed by atoms with Crippen molar-refractivity contribution in [2.24, 2.45) is 5.10 Å².